The molecular weight excluding hydrogens is 331 g/mol. The third-order valence-electron chi connectivity index (χ3n) is 3.10. The highest BCUT2D eigenvalue weighted by molar-refractivity contribution is 7.13. The van der Waals surface area contributed by atoms with Gasteiger partial charge in [0.15, 0.2) is 0 Å². The van der Waals surface area contributed by atoms with Gasteiger partial charge in [0.05, 0.1) is 12.8 Å². The van der Waals surface area contributed by atoms with Gasteiger partial charge in [-0.1, -0.05) is 0 Å². The average molecular weight is 348 g/mol. The highest BCUT2D eigenvalue weighted by Gasteiger charge is 2.04. The number of halogens is 1. The lowest BCUT2D eigenvalue weighted by molar-refractivity contribution is -0.140. The Balaban J connectivity index is 1.83. The molecule has 0 aliphatic heterocycles. The van der Waals surface area contributed by atoms with Gasteiger partial charge in [-0.2, -0.15) is 0 Å². The smallest absolute Gasteiger partial charge is 0.305 e. The summed E-state index contributed by atoms with van der Waals surface area (Å²) in [6.07, 6.45) is 3.80. The first kappa shape index (κ1) is 17.8. The Hall–Kier alpha value is -2.54. The number of methoxy groups -OCH3 is 1. The van der Waals surface area contributed by atoms with Crippen molar-refractivity contribution in [1.82, 2.24) is 10.3 Å². The summed E-state index contributed by atoms with van der Waals surface area (Å²) in [5.74, 6) is -0.842. The van der Waals surface area contributed by atoms with Gasteiger partial charge in [-0.15, -0.1) is 11.3 Å². The molecule has 0 spiro atoms. The van der Waals surface area contributed by atoms with Gasteiger partial charge in [0.25, 0.3) is 0 Å². The van der Waals surface area contributed by atoms with Crippen LogP contribution in [0.2, 0.25) is 0 Å². The first-order chi connectivity index (χ1) is 11.6. The van der Waals surface area contributed by atoms with E-state index in [1.54, 1.807) is 18.2 Å². The molecule has 0 bridgehead atoms. The first-order valence-corrected chi connectivity index (χ1v) is 8.20. The quantitative estimate of drug-likeness (QED) is 0.474. The number of amides is 1. The summed E-state index contributed by atoms with van der Waals surface area (Å²) in [5, 5.41) is 5.25. The topological polar surface area (TPSA) is 68.3 Å². The molecule has 126 valence electrons. The molecule has 0 saturated carbocycles. The summed E-state index contributed by atoms with van der Waals surface area (Å²) in [6.45, 7) is 0.399. The molecule has 0 aliphatic carbocycles. The molecule has 1 N–H and O–H groups in total. The van der Waals surface area contributed by atoms with E-state index < -0.39 is 0 Å². The Kier molecular flexibility index (Phi) is 6.62. The monoisotopic (exact) mass is 348 g/mol. The van der Waals surface area contributed by atoms with Crippen molar-refractivity contribution in [2.75, 3.05) is 13.7 Å². The van der Waals surface area contributed by atoms with Crippen LogP contribution in [0, 0.1) is 5.82 Å². The Bertz CT molecular complexity index is 726. The van der Waals surface area contributed by atoms with Crippen molar-refractivity contribution in [2.45, 2.75) is 12.8 Å². The molecule has 0 radical (unpaired) electrons. The number of hydrogen-bond donors (Lipinski definition) is 1. The molecule has 1 amide bonds. The molecule has 7 heteroatoms. The van der Waals surface area contributed by atoms with Gasteiger partial charge < -0.3 is 10.1 Å². The lowest BCUT2D eigenvalue weighted by Crippen LogP contribution is -2.22. The van der Waals surface area contributed by atoms with E-state index >= 15 is 0 Å². The largest absolute Gasteiger partial charge is 0.469 e. The SMILES string of the molecule is COC(=O)CCCNC(=O)/C=C/c1csc(-c2ccc(F)cc2)n1. The van der Waals surface area contributed by atoms with E-state index in [1.165, 1.54) is 36.7 Å². The second-order valence-electron chi connectivity index (χ2n) is 4.89. The molecule has 0 saturated heterocycles. The third kappa shape index (κ3) is 5.58. The maximum absolute atomic E-state index is 12.9. The number of esters is 1. The van der Waals surface area contributed by atoms with Crippen LogP contribution in [-0.2, 0) is 14.3 Å². The molecule has 0 atom stereocenters. The van der Waals surface area contributed by atoms with Crippen molar-refractivity contribution in [3.05, 3.63) is 47.2 Å². The zero-order valence-electron chi connectivity index (χ0n) is 13.1. The van der Waals surface area contributed by atoms with Crippen LogP contribution in [0.15, 0.2) is 35.7 Å². The van der Waals surface area contributed by atoms with Gasteiger partial charge in [0.2, 0.25) is 5.91 Å². The van der Waals surface area contributed by atoms with Crippen molar-refractivity contribution in [3.63, 3.8) is 0 Å². The predicted octanol–water partition coefficient (Wildman–Crippen LogP) is 3.03. The van der Waals surface area contributed by atoms with Gasteiger partial charge in [0.1, 0.15) is 10.8 Å². The molecule has 2 rings (SSSR count). The average Bonchev–Trinajstić information content (AvgIpc) is 3.06. The Morgan fingerprint density at radius 3 is 2.79 bits per heavy atom. The van der Waals surface area contributed by atoms with Gasteiger partial charge >= 0.3 is 5.97 Å². The molecule has 2 aromatic rings. The van der Waals surface area contributed by atoms with Crippen LogP contribution < -0.4 is 5.32 Å². The Morgan fingerprint density at radius 2 is 2.08 bits per heavy atom. The maximum atomic E-state index is 12.9. The maximum Gasteiger partial charge on any atom is 0.305 e. The van der Waals surface area contributed by atoms with E-state index in [1.807, 2.05) is 5.38 Å². The summed E-state index contributed by atoms with van der Waals surface area (Å²) < 4.78 is 17.4. The van der Waals surface area contributed by atoms with Crippen molar-refractivity contribution in [3.8, 4) is 10.6 Å². The van der Waals surface area contributed by atoms with Gasteiger partial charge in [-0.05, 0) is 36.8 Å². The van der Waals surface area contributed by atoms with E-state index in [9.17, 15) is 14.0 Å². The van der Waals surface area contributed by atoms with Crippen molar-refractivity contribution >= 4 is 29.3 Å². The minimum Gasteiger partial charge on any atom is -0.469 e. The number of ether oxygens (including phenoxy) is 1. The highest BCUT2D eigenvalue weighted by Crippen LogP contribution is 2.24. The molecule has 0 unspecified atom stereocenters. The minimum absolute atomic E-state index is 0.254. The van der Waals surface area contributed by atoms with Gasteiger partial charge in [-0.25, -0.2) is 9.37 Å². The first-order valence-electron chi connectivity index (χ1n) is 7.32. The van der Waals surface area contributed by atoms with Crippen LogP contribution in [0.1, 0.15) is 18.5 Å². The normalized spacial score (nSPS) is 10.8. The van der Waals surface area contributed by atoms with Crippen LogP contribution in [-0.4, -0.2) is 30.5 Å². The van der Waals surface area contributed by atoms with Crippen LogP contribution in [0.4, 0.5) is 4.39 Å². The third-order valence-corrected chi connectivity index (χ3v) is 4.01. The number of nitrogens with one attached hydrogen (secondary N) is 1. The molecule has 1 aromatic carbocycles. The van der Waals surface area contributed by atoms with Crippen LogP contribution >= 0.6 is 11.3 Å². The molecule has 24 heavy (non-hydrogen) atoms. The summed E-state index contributed by atoms with van der Waals surface area (Å²) >= 11 is 1.42. The van der Waals surface area contributed by atoms with Crippen LogP contribution in [0.3, 0.4) is 0 Å². The fourth-order valence-corrected chi connectivity index (χ4v) is 2.65. The van der Waals surface area contributed by atoms with Crippen molar-refractivity contribution < 1.29 is 18.7 Å². The van der Waals surface area contributed by atoms with Gasteiger partial charge in [0, 0.05) is 30.0 Å². The molecule has 1 aromatic heterocycles. The van der Waals surface area contributed by atoms with E-state index in [4.69, 9.17) is 0 Å². The van der Waals surface area contributed by atoms with Crippen molar-refractivity contribution in [1.29, 1.82) is 0 Å². The number of nitrogens with zero attached hydrogens (tertiary/aromatic N) is 1. The number of aromatic nitrogens is 1. The summed E-state index contributed by atoms with van der Waals surface area (Å²) in [4.78, 5) is 27.0. The highest BCUT2D eigenvalue weighted by atomic mass is 32.1. The molecule has 0 fully saturated rings. The van der Waals surface area contributed by atoms with Crippen LogP contribution in [0.5, 0.6) is 0 Å². The number of hydrogen-bond acceptors (Lipinski definition) is 5. The van der Waals surface area contributed by atoms with E-state index in [-0.39, 0.29) is 24.1 Å². The molecular formula is C17H17FN2O3S. The summed E-state index contributed by atoms with van der Waals surface area (Å²) in [7, 11) is 1.33. The Morgan fingerprint density at radius 1 is 1.33 bits per heavy atom. The summed E-state index contributed by atoms with van der Waals surface area (Å²) in [6, 6.07) is 6.09. The number of rotatable bonds is 7. The number of carbonyl (C=O) groups excluding carboxylic acids is 2. The fraction of sp³-hybridized carbons (Fsp3) is 0.235. The van der Waals surface area contributed by atoms with E-state index in [0.29, 0.717) is 18.7 Å². The standard InChI is InChI=1S/C17H17FN2O3S/c1-23-16(22)3-2-10-19-15(21)9-8-14-11-24-17(20-14)12-4-6-13(18)7-5-12/h4-9,11H,2-3,10H2,1H3,(H,19,21)/b9-8+. The number of benzene rings is 1. The minimum atomic E-state index is -0.296. The van der Waals surface area contributed by atoms with Crippen LogP contribution in [0.25, 0.3) is 16.6 Å². The Labute approximate surface area is 143 Å². The lowest BCUT2D eigenvalue weighted by Gasteiger charge is -2.01. The predicted molar refractivity (Wildman–Crippen MR) is 90.8 cm³/mol. The number of thiazole rings is 1. The second-order valence-corrected chi connectivity index (χ2v) is 5.75. The molecule has 1 heterocycles. The van der Waals surface area contributed by atoms with E-state index in [0.717, 1.165) is 10.6 Å². The number of carbonyl (C=O) groups is 2. The molecule has 5 nitrogen and oxygen atoms in total. The van der Waals surface area contributed by atoms with E-state index in [2.05, 4.69) is 15.0 Å². The lowest BCUT2D eigenvalue weighted by atomic mass is 10.2. The van der Waals surface area contributed by atoms with Crippen molar-refractivity contribution in [2.24, 2.45) is 0 Å². The molecule has 0 aliphatic rings. The van der Waals surface area contributed by atoms with Gasteiger partial charge in [-0.3, -0.25) is 9.59 Å². The fourth-order valence-electron chi connectivity index (χ4n) is 1.85. The summed E-state index contributed by atoms with van der Waals surface area (Å²) in [5.41, 5.74) is 1.48. The zero-order valence-corrected chi connectivity index (χ0v) is 13.9. The zero-order chi connectivity index (χ0) is 17.4. The second kappa shape index (κ2) is 8.93.